The van der Waals surface area contributed by atoms with Gasteiger partial charge in [0.05, 0.1) is 0 Å². The lowest BCUT2D eigenvalue weighted by Gasteiger charge is -1.88. The summed E-state index contributed by atoms with van der Waals surface area (Å²) in [5, 5.41) is 0.340. The van der Waals surface area contributed by atoms with Crippen LogP contribution in [0.25, 0.3) is 0 Å². The second kappa shape index (κ2) is 2.64. The van der Waals surface area contributed by atoms with Gasteiger partial charge in [-0.05, 0) is 6.92 Å². The van der Waals surface area contributed by atoms with Crippen molar-refractivity contribution in [2.24, 2.45) is 9.98 Å². The molecule has 0 N–H and O–H groups in total. The third kappa shape index (κ3) is 1.17. The smallest absolute Gasteiger partial charge is 0.196 e. The third-order valence-electron chi connectivity index (χ3n) is 1.40. The molecular weight excluding hydrogens is 199 g/mol. The zero-order chi connectivity index (χ0) is 8.72. The fourth-order valence-corrected chi connectivity index (χ4v) is 1.18. The first-order valence-electron chi connectivity index (χ1n) is 3.31. The van der Waals surface area contributed by atoms with E-state index < -0.39 is 0 Å². The standard InChI is InChI=1S/C6H4Cl2N4/c1-2-9-5-6(10-2)12-4(8)3(7)11-5/h2H,1H3. The summed E-state index contributed by atoms with van der Waals surface area (Å²) in [6, 6.07) is 0. The van der Waals surface area contributed by atoms with Gasteiger partial charge in [-0.2, -0.15) is 0 Å². The van der Waals surface area contributed by atoms with Crippen LogP contribution >= 0.6 is 23.2 Å². The molecule has 1 aliphatic heterocycles. The lowest BCUT2D eigenvalue weighted by Crippen LogP contribution is -2.29. The van der Waals surface area contributed by atoms with Gasteiger partial charge in [0, 0.05) is 0 Å². The van der Waals surface area contributed by atoms with Crippen LogP contribution in [0.1, 0.15) is 6.92 Å². The molecule has 1 aromatic heterocycles. The highest BCUT2D eigenvalue weighted by Crippen LogP contribution is 2.11. The maximum Gasteiger partial charge on any atom is 0.196 e. The van der Waals surface area contributed by atoms with E-state index in [0.717, 1.165) is 0 Å². The van der Waals surface area contributed by atoms with Gasteiger partial charge in [-0.25, -0.2) is 20.0 Å². The van der Waals surface area contributed by atoms with Gasteiger partial charge < -0.3 is 0 Å². The third-order valence-corrected chi connectivity index (χ3v) is 2.02. The molecule has 6 heteroatoms. The number of hydrogen-bond acceptors (Lipinski definition) is 4. The van der Waals surface area contributed by atoms with E-state index in [1.54, 1.807) is 0 Å². The molecule has 0 aromatic carbocycles. The zero-order valence-corrected chi connectivity index (χ0v) is 7.63. The Kier molecular flexibility index (Phi) is 1.73. The molecule has 0 bridgehead atoms. The molecule has 0 aliphatic carbocycles. The number of nitrogens with zero attached hydrogens (tertiary/aromatic N) is 4. The second-order valence-electron chi connectivity index (χ2n) is 2.34. The Labute approximate surface area is 78.0 Å². The lowest BCUT2D eigenvalue weighted by molar-refractivity contribution is 0.781. The molecule has 1 aromatic rings. The Morgan fingerprint density at radius 2 is 1.42 bits per heavy atom. The molecule has 2 heterocycles. The minimum atomic E-state index is -0.130. The van der Waals surface area contributed by atoms with E-state index in [1.807, 2.05) is 6.92 Å². The van der Waals surface area contributed by atoms with Crippen LogP contribution in [0.4, 0.5) is 0 Å². The molecule has 0 amide bonds. The Morgan fingerprint density at radius 1 is 1.00 bits per heavy atom. The molecular formula is C6H4Cl2N4. The van der Waals surface area contributed by atoms with Gasteiger partial charge in [-0.15, -0.1) is 0 Å². The minimum Gasteiger partial charge on any atom is -0.236 e. The van der Waals surface area contributed by atoms with Crippen LogP contribution in [0, 0.1) is 0 Å². The topological polar surface area (TPSA) is 50.5 Å². The van der Waals surface area contributed by atoms with E-state index >= 15 is 0 Å². The molecule has 2 rings (SSSR count). The predicted molar refractivity (Wildman–Crippen MR) is 43.8 cm³/mol. The van der Waals surface area contributed by atoms with Crippen molar-refractivity contribution in [2.45, 2.75) is 13.1 Å². The fraction of sp³-hybridized carbons (Fsp3) is 0.333. The monoisotopic (exact) mass is 202 g/mol. The molecule has 0 saturated heterocycles. The zero-order valence-electron chi connectivity index (χ0n) is 6.12. The highest BCUT2D eigenvalue weighted by Gasteiger charge is 2.09. The first kappa shape index (κ1) is 7.89. The minimum absolute atomic E-state index is 0.130. The van der Waals surface area contributed by atoms with Crippen molar-refractivity contribution >= 4 is 23.2 Å². The van der Waals surface area contributed by atoms with Crippen LogP contribution in [-0.4, -0.2) is 16.1 Å². The first-order chi connectivity index (χ1) is 5.66. The van der Waals surface area contributed by atoms with Gasteiger partial charge in [0.25, 0.3) is 0 Å². The Balaban J connectivity index is 2.80. The predicted octanol–water partition coefficient (Wildman–Crippen LogP) is 0.382. The summed E-state index contributed by atoms with van der Waals surface area (Å²) in [5.74, 6) is 0. The van der Waals surface area contributed by atoms with Crippen LogP contribution < -0.4 is 11.0 Å². The molecule has 0 spiro atoms. The Bertz CT molecular complexity index is 401. The largest absolute Gasteiger partial charge is 0.236 e. The van der Waals surface area contributed by atoms with E-state index in [9.17, 15) is 0 Å². The number of fused-ring (bicyclic) bond motifs is 1. The van der Waals surface area contributed by atoms with Crippen molar-refractivity contribution in [1.29, 1.82) is 0 Å². The summed E-state index contributed by atoms with van der Waals surface area (Å²) < 4.78 is 0. The average Bonchev–Trinajstić information content (AvgIpc) is 2.30. The Morgan fingerprint density at radius 3 is 1.83 bits per heavy atom. The van der Waals surface area contributed by atoms with Crippen LogP contribution in [-0.2, 0) is 0 Å². The highest BCUT2D eigenvalue weighted by molar-refractivity contribution is 6.40. The van der Waals surface area contributed by atoms with Crippen molar-refractivity contribution in [2.75, 3.05) is 0 Å². The van der Waals surface area contributed by atoms with Crippen molar-refractivity contribution in [3.63, 3.8) is 0 Å². The average molecular weight is 203 g/mol. The summed E-state index contributed by atoms with van der Waals surface area (Å²) in [6.45, 7) is 1.84. The van der Waals surface area contributed by atoms with E-state index in [-0.39, 0.29) is 16.5 Å². The van der Waals surface area contributed by atoms with Crippen LogP contribution in [0.2, 0.25) is 10.3 Å². The molecule has 62 valence electrons. The van der Waals surface area contributed by atoms with Crippen molar-refractivity contribution in [3.8, 4) is 0 Å². The van der Waals surface area contributed by atoms with Gasteiger partial charge in [0.2, 0.25) is 0 Å². The number of hydrogen-bond donors (Lipinski definition) is 0. The lowest BCUT2D eigenvalue weighted by atomic mass is 10.6. The molecule has 0 atom stereocenters. The summed E-state index contributed by atoms with van der Waals surface area (Å²) in [5.41, 5.74) is 0.939. The molecule has 4 nitrogen and oxygen atoms in total. The van der Waals surface area contributed by atoms with E-state index in [4.69, 9.17) is 23.2 Å². The van der Waals surface area contributed by atoms with Gasteiger partial charge in [-0.3, -0.25) is 0 Å². The van der Waals surface area contributed by atoms with Crippen LogP contribution in [0.15, 0.2) is 9.98 Å². The normalized spacial score (nSPS) is 15.2. The van der Waals surface area contributed by atoms with Crippen molar-refractivity contribution in [1.82, 2.24) is 9.97 Å². The quantitative estimate of drug-likeness (QED) is 0.612. The molecule has 12 heavy (non-hydrogen) atoms. The number of aromatic nitrogens is 2. The molecule has 0 unspecified atom stereocenters. The number of halogens is 2. The van der Waals surface area contributed by atoms with Gasteiger partial charge in [0.1, 0.15) is 6.17 Å². The summed E-state index contributed by atoms with van der Waals surface area (Å²) >= 11 is 11.3. The van der Waals surface area contributed by atoms with Gasteiger partial charge in [-0.1, -0.05) is 23.2 Å². The van der Waals surface area contributed by atoms with E-state index in [1.165, 1.54) is 0 Å². The van der Waals surface area contributed by atoms with Crippen molar-refractivity contribution < 1.29 is 0 Å². The molecule has 0 radical (unpaired) electrons. The SMILES string of the molecule is CC1N=c2nc(Cl)c(Cl)nc2=N1. The summed E-state index contributed by atoms with van der Waals surface area (Å²) in [7, 11) is 0. The molecule has 0 saturated carbocycles. The highest BCUT2D eigenvalue weighted by atomic mass is 35.5. The van der Waals surface area contributed by atoms with Gasteiger partial charge in [0.15, 0.2) is 21.3 Å². The van der Waals surface area contributed by atoms with Crippen LogP contribution in [0.5, 0.6) is 0 Å². The first-order valence-corrected chi connectivity index (χ1v) is 4.07. The number of rotatable bonds is 0. The molecule has 1 aliphatic rings. The van der Waals surface area contributed by atoms with Crippen molar-refractivity contribution in [3.05, 3.63) is 21.3 Å². The van der Waals surface area contributed by atoms with E-state index in [0.29, 0.717) is 11.0 Å². The summed E-state index contributed by atoms with van der Waals surface area (Å²) in [4.78, 5) is 16.0. The maximum atomic E-state index is 5.63. The Hall–Kier alpha value is -0.740. The maximum absolute atomic E-state index is 5.63. The fourth-order valence-electron chi connectivity index (χ4n) is 0.934. The summed E-state index contributed by atoms with van der Waals surface area (Å²) in [6.07, 6.45) is -0.130. The van der Waals surface area contributed by atoms with Crippen LogP contribution in [0.3, 0.4) is 0 Å². The second-order valence-corrected chi connectivity index (χ2v) is 3.06. The van der Waals surface area contributed by atoms with Gasteiger partial charge >= 0.3 is 0 Å². The molecule has 0 fully saturated rings. The van der Waals surface area contributed by atoms with E-state index in [2.05, 4.69) is 20.0 Å².